The zero-order valence-corrected chi connectivity index (χ0v) is 12.1. The number of rotatable bonds is 4. The summed E-state index contributed by atoms with van der Waals surface area (Å²) >= 11 is 0. The van der Waals surface area contributed by atoms with E-state index in [9.17, 15) is 0 Å². The van der Waals surface area contributed by atoms with Crippen molar-refractivity contribution in [1.29, 1.82) is 0 Å². The van der Waals surface area contributed by atoms with Crippen LogP contribution in [0.15, 0.2) is 24.3 Å². The summed E-state index contributed by atoms with van der Waals surface area (Å²) in [4.78, 5) is 9.17. The predicted octanol–water partition coefficient (Wildman–Crippen LogP) is 2.83. The molecule has 3 heteroatoms. The van der Waals surface area contributed by atoms with Gasteiger partial charge in [-0.25, -0.2) is 9.97 Å². The summed E-state index contributed by atoms with van der Waals surface area (Å²) in [6, 6.07) is 8.53. The van der Waals surface area contributed by atoms with Crippen LogP contribution in [0.4, 0.5) is 0 Å². The molecule has 0 aliphatic rings. The van der Waals surface area contributed by atoms with Crippen LogP contribution in [0, 0.1) is 20.8 Å². The van der Waals surface area contributed by atoms with Gasteiger partial charge in [-0.3, -0.25) is 0 Å². The Bertz CT molecular complexity index is 576. The quantitative estimate of drug-likeness (QED) is 0.913. The van der Waals surface area contributed by atoms with Gasteiger partial charge in [0.05, 0.1) is 5.69 Å². The largest absolute Gasteiger partial charge is 0.319 e. The summed E-state index contributed by atoms with van der Waals surface area (Å²) in [5.74, 6) is 0.907. The lowest BCUT2D eigenvalue weighted by Gasteiger charge is -2.09. The van der Waals surface area contributed by atoms with Crippen molar-refractivity contribution in [3.63, 3.8) is 0 Å². The third-order valence-electron chi connectivity index (χ3n) is 3.16. The number of hydrogen-bond donors (Lipinski definition) is 1. The lowest BCUT2D eigenvalue weighted by Crippen LogP contribution is -2.13. The predicted molar refractivity (Wildman–Crippen MR) is 79.3 cm³/mol. The van der Waals surface area contributed by atoms with E-state index in [0.29, 0.717) is 0 Å². The van der Waals surface area contributed by atoms with Gasteiger partial charge in [0.1, 0.15) is 5.82 Å². The van der Waals surface area contributed by atoms with E-state index in [2.05, 4.69) is 53.4 Å². The van der Waals surface area contributed by atoms with Crippen LogP contribution in [0.2, 0.25) is 0 Å². The minimum atomic E-state index is 0.857. The standard InChI is InChI=1S/C16H21N3/c1-11-5-6-14(12(2)9-11)15-10-13(3)18-16(19-15)7-8-17-4/h5-6,9-10,17H,7-8H2,1-4H3. The normalized spacial score (nSPS) is 10.7. The van der Waals surface area contributed by atoms with Gasteiger partial charge in [0, 0.05) is 24.2 Å². The van der Waals surface area contributed by atoms with Gasteiger partial charge < -0.3 is 5.32 Å². The number of hydrogen-bond acceptors (Lipinski definition) is 3. The fraction of sp³-hybridized carbons (Fsp3) is 0.375. The van der Waals surface area contributed by atoms with E-state index in [0.717, 1.165) is 30.2 Å². The van der Waals surface area contributed by atoms with Crippen molar-refractivity contribution in [3.05, 3.63) is 46.9 Å². The lowest BCUT2D eigenvalue weighted by molar-refractivity contribution is 0.752. The Balaban J connectivity index is 2.41. The maximum atomic E-state index is 4.68. The highest BCUT2D eigenvalue weighted by molar-refractivity contribution is 5.64. The van der Waals surface area contributed by atoms with Crippen molar-refractivity contribution in [2.45, 2.75) is 27.2 Å². The Hall–Kier alpha value is -1.74. The molecule has 0 spiro atoms. The third kappa shape index (κ3) is 3.38. The van der Waals surface area contributed by atoms with Gasteiger partial charge in [-0.1, -0.05) is 23.8 Å². The minimum Gasteiger partial charge on any atom is -0.319 e. The summed E-state index contributed by atoms with van der Waals surface area (Å²) in [6.45, 7) is 7.17. The molecule has 0 atom stereocenters. The van der Waals surface area contributed by atoms with E-state index in [-0.39, 0.29) is 0 Å². The first-order valence-corrected chi connectivity index (χ1v) is 6.67. The van der Waals surface area contributed by atoms with Crippen LogP contribution in [-0.2, 0) is 6.42 Å². The first-order valence-electron chi connectivity index (χ1n) is 6.67. The zero-order chi connectivity index (χ0) is 13.8. The molecule has 0 saturated carbocycles. The maximum Gasteiger partial charge on any atom is 0.130 e. The second-order valence-electron chi connectivity index (χ2n) is 4.98. The van der Waals surface area contributed by atoms with E-state index >= 15 is 0 Å². The Morgan fingerprint density at radius 3 is 2.53 bits per heavy atom. The van der Waals surface area contributed by atoms with Crippen molar-refractivity contribution in [3.8, 4) is 11.3 Å². The van der Waals surface area contributed by atoms with Crippen LogP contribution >= 0.6 is 0 Å². The van der Waals surface area contributed by atoms with Crippen LogP contribution < -0.4 is 5.32 Å². The van der Waals surface area contributed by atoms with Crippen LogP contribution in [-0.4, -0.2) is 23.6 Å². The molecule has 0 amide bonds. The molecule has 3 nitrogen and oxygen atoms in total. The SMILES string of the molecule is CNCCc1nc(C)cc(-c2ccc(C)cc2C)n1. The molecule has 0 bridgehead atoms. The first kappa shape index (κ1) is 13.7. The number of likely N-dealkylation sites (N-methyl/N-ethyl adjacent to an activating group) is 1. The number of nitrogens with one attached hydrogen (secondary N) is 1. The van der Waals surface area contributed by atoms with Crippen molar-refractivity contribution in [2.75, 3.05) is 13.6 Å². The minimum absolute atomic E-state index is 0.857. The molecule has 0 radical (unpaired) electrons. The molecule has 2 rings (SSSR count). The Morgan fingerprint density at radius 1 is 1.05 bits per heavy atom. The highest BCUT2D eigenvalue weighted by Gasteiger charge is 2.07. The maximum absolute atomic E-state index is 4.68. The van der Waals surface area contributed by atoms with Gasteiger partial charge in [-0.05, 0) is 39.4 Å². The molecule has 0 aliphatic heterocycles. The topological polar surface area (TPSA) is 37.8 Å². The smallest absolute Gasteiger partial charge is 0.130 e. The summed E-state index contributed by atoms with van der Waals surface area (Å²) in [6.07, 6.45) is 0.857. The molecule has 0 fully saturated rings. The molecule has 1 aromatic heterocycles. The second kappa shape index (κ2) is 5.93. The average molecular weight is 255 g/mol. The van der Waals surface area contributed by atoms with Crippen molar-refractivity contribution in [1.82, 2.24) is 15.3 Å². The summed E-state index contributed by atoms with van der Waals surface area (Å²) < 4.78 is 0. The lowest BCUT2D eigenvalue weighted by atomic mass is 10.0. The molecule has 1 aromatic carbocycles. The van der Waals surface area contributed by atoms with E-state index in [4.69, 9.17) is 0 Å². The van der Waals surface area contributed by atoms with Gasteiger partial charge in [0.2, 0.25) is 0 Å². The van der Waals surface area contributed by atoms with Gasteiger partial charge in [0.25, 0.3) is 0 Å². The van der Waals surface area contributed by atoms with Crippen LogP contribution in [0.3, 0.4) is 0 Å². The number of nitrogens with zero attached hydrogens (tertiary/aromatic N) is 2. The van der Waals surface area contributed by atoms with E-state index < -0.39 is 0 Å². The molecule has 1 N–H and O–H groups in total. The molecular formula is C16H21N3. The van der Waals surface area contributed by atoms with Gasteiger partial charge in [0.15, 0.2) is 0 Å². The van der Waals surface area contributed by atoms with Gasteiger partial charge >= 0.3 is 0 Å². The zero-order valence-electron chi connectivity index (χ0n) is 12.1. The second-order valence-corrected chi connectivity index (χ2v) is 4.98. The van der Waals surface area contributed by atoms with E-state index in [1.165, 1.54) is 16.7 Å². The van der Waals surface area contributed by atoms with Gasteiger partial charge in [-0.2, -0.15) is 0 Å². The average Bonchev–Trinajstić information content (AvgIpc) is 2.35. The molecule has 0 unspecified atom stereocenters. The highest BCUT2D eigenvalue weighted by atomic mass is 14.9. The first-order chi connectivity index (χ1) is 9.10. The molecule has 100 valence electrons. The number of benzene rings is 1. The Morgan fingerprint density at radius 2 is 1.84 bits per heavy atom. The van der Waals surface area contributed by atoms with E-state index in [1.807, 2.05) is 14.0 Å². The molecule has 0 saturated heterocycles. The molecular weight excluding hydrogens is 234 g/mol. The monoisotopic (exact) mass is 255 g/mol. The van der Waals surface area contributed by atoms with Crippen LogP contribution in [0.5, 0.6) is 0 Å². The molecule has 2 aromatic rings. The fourth-order valence-electron chi connectivity index (χ4n) is 2.22. The van der Waals surface area contributed by atoms with Gasteiger partial charge in [-0.15, -0.1) is 0 Å². The molecule has 1 heterocycles. The number of aryl methyl sites for hydroxylation is 3. The Kier molecular flexibility index (Phi) is 4.27. The summed E-state index contributed by atoms with van der Waals surface area (Å²) in [5.41, 5.74) is 5.79. The Labute approximate surface area is 115 Å². The van der Waals surface area contributed by atoms with Crippen LogP contribution in [0.1, 0.15) is 22.6 Å². The summed E-state index contributed by atoms with van der Waals surface area (Å²) in [7, 11) is 1.95. The third-order valence-corrected chi connectivity index (χ3v) is 3.16. The van der Waals surface area contributed by atoms with E-state index in [1.54, 1.807) is 0 Å². The molecule has 0 aliphatic carbocycles. The van der Waals surface area contributed by atoms with Crippen molar-refractivity contribution in [2.24, 2.45) is 0 Å². The van der Waals surface area contributed by atoms with Crippen LogP contribution in [0.25, 0.3) is 11.3 Å². The molecule has 19 heavy (non-hydrogen) atoms. The highest BCUT2D eigenvalue weighted by Crippen LogP contribution is 2.23. The fourth-order valence-corrected chi connectivity index (χ4v) is 2.22. The number of aromatic nitrogens is 2. The van der Waals surface area contributed by atoms with Crippen molar-refractivity contribution >= 4 is 0 Å². The van der Waals surface area contributed by atoms with Crippen molar-refractivity contribution < 1.29 is 0 Å². The summed E-state index contributed by atoms with van der Waals surface area (Å²) in [5, 5.41) is 3.13.